The van der Waals surface area contributed by atoms with Crippen molar-refractivity contribution in [2.45, 2.75) is 26.9 Å². The van der Waals surface area contributed by atoms with Gasteiger partial charge in [0, 0.05) is 0 Å². The van der Waals surface area contributed by atoms with E-state index in [0.717, 1.165) is 13.1 Å². The molecule has 0 amide bonds. The number of fused-ring (bicyclic) bond motifs is 3. The van der Waals surface area contributed by atoms with Crippen LogP contribution in [0.1, 0.15) is 22.3 Å². The van der Waals surface area contributed by atoms with Crippen molar-refractivity contribution in [1.82, 2.24) is 4.57 Å². The van der Waals surface area contributed by atoms with Crippen LogP contribution in [0.5, 0.6) is 0 Å². The molecule has 0 saturated carbocycles. The number of hydrogen-bond donors (Lipinski definition) is 0. The molecule has 168 valence electrons. The highest BCUT2D eigenvalue weighted by Crippen LogP contribution is 2.22. The first-order valence-corrected chi connectivity index (χ1v) is 11.6. The molecule has 0 saturated heterocycles. The second-order valence-electron chi connectivity index (χ2n) is 9.16. The van der Waals surface area contributed by atoms with E-state index in [0.29, 0.717) is 0 Å². The number of imidazole rings is 1. The van der Waals surface area contributed by atoms with Crippen LogP contribution in [0.15, 0.2) is 103 Å². The fourth-order valence-electron chi connectivity index (χ4n) is 4.86. The molecule has 1 aromatic heterocycles. The standard InChI is InChI=1S/C31H27N2.BrH/c1-22-15-30-31(16-23(22)2)33(20-25-12-14-27-8-4-6-10-29(27)18-25)21-32(30)19-24-11-13-26-7-3-5-9-28(26)17-24;/h3-18,21H,19-20H2,1-2H3;1H/q+1;/p-1. The molecule has 0 aliphatic carbocycles. The lowest BCUT2D eigenvalue weighted by molar-refractivity contribution is -0.663. The fraction of sp³-hybridized carbons (Fsp3) is 0.129. The minimum absolute atomic E-state index is 0. The molecular weight excluding hydrogens is 480 g/mol. The van der Waals surface area contributed by atoms with Gasteiger partial charge in [0.2, 0.25) is 6.33 Å². The number of halogens is 1. The van der Waals surface area contributed by atoms with Gasteiger partial charge in [-0.25, -0.2) is 9.13 Å². The molecule has 34 heavy (non-hydrogen) atoms. The van der Waals surface area contributed by atoms with E-state index < -0.39 is 0 Å². The highest BCUT2D eigenvalue weighted by atomic mass is 79.9. The first-order chi connectivity index (χ1) is 16.1. The van der Waals surface area contributed by atoms with Crippen LogP contribution in [-0.2, 0) is 13.1 Å². The highest BCUT2D eigenvalue weighted by Gasteiger charge is 2.18. The van der Waals surface area contributed by atoms with Gasteiger partial charge < -0.3 is 17.0 Å². The van der Waals surface area contributed by atoms with Gasteiger partial charge >= 0.3 is 0 Å². The summed E-state index contributed by atoms with van der Waals surface area (Å²) in [6.45, 7) is 6.12. The average molecular weight is 507 g/mol. The van der Waals surface area contributed by atoms with E-state index in [1.807, 2.05) is 0 Å². The molecule has 0 bridgehead atoms. The van der Waals surface area contributed by atoms with Gasteiger partial charge in [0.15, 0.2) is 11.0 Å². The normalized spacial score (nSPS) is 11.2. The second kappa shape index (κ2) is 9.08. The molecule has 2 nitrogen and oxygen atoms in total. The Kier molecular flexibility index (Phi) is 5.97. The molecule has 5 aromatic carbocycles. The SMILES string of the molecule is Cc1cc2c(cc1C)[n+](Cc1ccc3ccccc3c1)cn2Cc1ccc2ccccc2c1.[Br-]. The van der Waals surface area contributed by atoms with Crippen LogP contribution in [0, 0.1) is 13.8 Å². The van der Waals surface area contributed by atoms with Crippen LogP contribution in [-0.4, -0.2) is 4.57 Å². The van der Waals surface area contributed by atoms with Crippen molar-refractivity contribution in [2.24, 2.45) is 0 Å². The van der Waals surface area contributed by atoms with E-state index in [9.17, 15) is 0 Å². The molecule has 0 unspecified atom stereocenters. The van der Waals surface area contributed by atoms with Crippen molar-refractivity contribution in [3.8, 4) is 0 Å². The summed E-state index contributed by atoms with van der Waals surface area (Å²) >= 11 is 0. The van der Waals surface area contributed by atoms with Crippen molar-refractivity contribution in [3.63, 3.8) is 0 Å². The van der Waals surface area contributed by atoms with Crippen molar-refractivity contribution in [1.29, 1.82) is 0 Å². The van der Waals surface area contributed by atoms with Crippen LogP contribution in [0.3, 0.4) is 0 Å². The van der Waals surface area contributed by atoms with Gasteiger partial charge in [-0.3, -0.25) is 0 Å². The lowest BCUT2D eigenvalue weighted by atomic mass is 10.1. The summed E-state index contributed by atoms with van der Waals surface area (Å²) in [5, 5.41) is 5.16. The molecule has 6 aromatic rings. The van der Waals surface area contributed by atoms with E-state index in [4.69, 9.17) is 0 Å². The van der Waals surface area contributed by atoms with E-state index in [-0.39, 0.29) is 17.0 Å². The van der Waals surface area contributed by atoms with Crippen LogP contribution in [0.25, 0.3) is 32.6 Å². The van der Waals surface area contributed by atoms with Crippen molar-refractivity contribution < 1.29 is 21.5 Å². The third-order valence-electron chi connectivity index (χ3n) is 6.82. The Morgan fingerprint density at radius 3 is 1.85 bits per heavy atom. The summed E-state index contributed by atoms with van der Waals surface area (Å²) in [6, 6.07) is 35.4. The first kappa shape index (κ1) is 22.4. The topological polar surface area (TPSA) is 8.81 Å². The Balaban J connectivity index is 0.00000241. The number of nitrogens with zero attached hydrogens (tertiary/aromatic N) is 2. The van der Waals surface area contributed by atoms with Crippen molar-refractivity contribution in [3.05, 3.63) is 126 Å². The summed E-state index contributed by atoms with van der Waals surface area (Å²) in [4.78, 5) is 0. The van der Waals surface area contributed by atoms with Crippen LogP contribution in [0.2, 0.25) is 0 Å². The molecule has 3 heteroatoms. The van der Waals surface area contributed by atoms with E-state index >= 15 is 0 Å². The molecule has 0 radical (unpaired) electrons. The minimum atomic E-state index is 0. The lowest BCUT2D eigenvalue weighted by Gasteiger charge is -2.03. The highest BCUT2D eigenvalue weighted by molar-refractivity contribution is 5.84. The summed E-state index contributed by atoms with van der Waals surface area (Å²) in [7, 11) is 0. The number of hydrogen-bond acceptors (Lipinski definition) is 0. The van der Waals surface area contributed by atoms with Crippen LogP contribution < -0.4 is 21.5 Å². The van der Waals surface area contributed by atoms with E-state index in [1.54, 1.807) is 0 Å². The molecule has 6 rings (SSSR count). The molecule has 0 fully saturated rings. The molecule has 0 atom stereocenters. The second-order valence-corrected chi connectivity index (χ2v) is 9.16. The van der Waals surface area contributed by atoms with Gasteiger partial charge in [-0.05, 0) is 81.9 Å². The molecule has 0 aliphatic heterocycles. The summed E-state index contributed by atoms with van der Waals surface area (Å²) in [6.07, 6.45) is 2.29. The Hall–Kier alpha value is -3.43. The number of benzene rings is 5. The molecular formula is C31H27BrN2. The van der Waals surface area contributed by atoms with Gasteiger partial charge in [-0.2, -0.15) is 0 Å². The largest absolute Gasteiger partial charge is 1.00 e. The lowest BCUT2D eigenvalue weighted by Crippen LogP contribution is -3.00. The smallest absolute Gasteiger partial charge is 0.245 e. The third-order valence-corrected chi connectivity index (χ3v) is 6.82. The van der Waals surface area contributed by atoms with Crippen LogP contribution in [0.4, 0.5) is 0 Å². The maximum absolute atomic E-state index is 2.40. The number of rotatable bonds is 4. The van der Waals surface area contributed by atoms with Gasteiger partial charge in [-0.1, -0.05) is 72.8 Å². The fourth-order valence-corrected chi connectivity index (χ4v) is 4.86. The maximum Gasteiger partial charge on any atom is 0.245 e. The monoisotopic (exact) mass is 506 g/mol. The van der Waals surface area contributed by atoms with Gasteiger partial charge in [0.1, 0.15) is 13.1 Å². The maximum atomic E-state index is 2.40. The van der Waals surface area contributed by atoms with E-state index in [2.05, 4.69) is 126 Å². The zero-order chi connectivity index (χ0) is 22.4. The molecule has 0 spiro atoms. The third kappa shape index (κ3) is 4.12. The van der Waals surface area contributed by atoms with Crippen LogP contribution >= 0.6 is 0 Å². The zero-order valence-corrected chi connectivity index (χ0v) is 21.1. The minimum Gasteiger partial charge on any atom is -1.00 e. The molecule has 1 heterocycles. The first-order valence-electron chi connectivity index (χ1n) is 11.6. The Morgan fingerprint density at radius 1 is 0.618 bits per heavy atom. The average Bonchev–Trinajstić information content (AvgIpc) is 3.14. The Labute approximate surface area is 210 Å². The molecule has 0 aliphatic rings. The predicted molar refractivity (Wildman–Crippen MR) is 138 cm³/mol. The summed E-state index contributed by atoms with van der Waals surface area (Å²) in [5.74, 6) is 0. The number of aryl methyl sites for hydroxylation is 2. The van der Waals surface area contributed by atoms with E-state index in [1.165, 1.54) is 54.8 Å². The molecule has 0 N–H and O–H groups in total. The van der Waals surface area contributed by atoms with Gasteiger partial charge in [0.05, 0.1) is 0 Å². The summed E-state index contributed by atoms with van der Waals surface area (Å²) < 4.78 is 4.79. The van der Waals surface area contributed by atoms with Crippen molar-refractivity contribution >= 4 is 32.6 Å². The quantitative estimate of drug-likeness (QED) is 0.320. The van der Waals surface area contributed by atoms with Crippen molar-refractivity contribution in [2.75, 3.05) is 0 Å². The number of aromatic nitrogens is 2. The zero-order valence-electron chi connectivity index (χ0n) is 19.5. The predicted octanol–water partition coefficient (Wildman–Crippen LogP) is 3.95. The van der Waals surface area contributed by atoms with Gasteiger partial charge in [0.25, 0.3) is 0 Å². The Morgan fingerprint density at radius 2 is 1.18 bits per heavy atom. The Bertz CT molecular complexity index is 1520. The summed E-state index contributed by atoms with van der Waals surface area (Å²) in [5.41, 5.74) is 7.87. The van der Waals surface area contributed by atoms with Gasteiger partial charge in [-0.15, -0.1) is 0 Å².